The molecule has 1 aliphatic rings. The summed E-state index contributed by atoms with van der Waals surface area (Å²) in [6, 6.07) is 3.86. The van der Waals surface area contributed by atoms with Crippen LogP contribution < -0.4 is 16.0 Å². The Balaban J connectivity index is 2.27. The quantitative estimate of drug-likeness (QED) is 0.824. The number of halogens is 3. The molecule has 0 aliphatic carbocycles. The maximum Gasteiger partial charge on any atom is 0.418 e. The molecule has 3 N–H and O–H groups in total. The van der Waals surface area contributed by atoms with Crippen LogP contribution in [0.25, 0.3) is 0 Å². The van der Waals surface area contributed by atoms with E-state index in [9.17, 15) is 18.0 Å². The van der Waals surface area contributed by atoms with E-state index < -0.39 is 17.2 Å². The monoisotopic (exact) mass is 301 g/mol. The Hall–Kier alpha value is -1.92. The highest BCUT2D eigenvalue weighted by Crippen LogP contribution is 2.38. The summed E-state index contributed by atoms with van der Waals surface area (Å²) in [7, 11) is 1.56. The molecule has 1 aliphatic heterocycles. The Morgan fingerprint density at radius 1 is 1.43 bits per heavy atom. The van der Waals surface area contributed by atoms with Gasteiger partial charge in [0.15, 0.2) is 0 Å². The van der Waals surface area contributed by atoms with Crippen molar-refractivity contribution in [1.29, 1.82) is 0 Å². The lowest BCUT2D eigenvalue weighted by molar-refractivity contribution is -0.137. The smallest absolute Gasteiger partial charge is 0.398 e. The fraction of sp³-hybridized carbons (Fsp3) is 0.500. The maximum atomic E-state index is 12.9. The molecule has 1 unspecified atom stereocenters. The Morgan fingerprint density at radius 2 is 2.10 bits per heavy atom. The van der Waals surface area contributed by atoms with Gasteiger partial charge in [-0.1, -0.05) is 0 Å². The van der Waals surface area contributed by atoms with Crippen molar-refractivity contribution in [3.63, 3.8) is 0 Å². The number of nitrogens with one attached hydrogen (secondary N) is 1. The molecule has 0 saturated carbocycles. The second kappa shape index (κ2) is 5.13. The predicted octanol–water partition coefficient (Wildman–Crippen LogP) is 2.25. The lowest BCUT2D eigenvalue weighted by Crippen LogP contribution is -2.39. The number of nitrogen functional groups attached to an aromatic ring is 1. The van der Waals surface area contributed by atoms with E-state index in [0.29, 0.717) is 25.2 Å². The van der Waals surface area contributed by atoms with Crippen LogP contribution in [0.4, 0.5) is 24.5 Å². The molecular formula is C14H18F3N3O. The van der Waals surface area contributed by atoms with Crippen molar-refractivity contribution in [2.45, 2.75) is 19.5 Å². The van der Waals surface area contributed by atoms with Crippen LogP contribution in [0.15, 0.2) is 18.2 Å². The van der Waals surface area contributed by atoms with Crippen LogP contribution >= 0.6 is 0 Å². The third-order valence-corrected chi connectivity index (χ3v) is 3.96. The van der Waals surface area contributed by atoms with Crippen molar-refractivity contribution in [2.75, 3.05) is 30.8 Å². The number of carbonyl (C=O) groups is 1. The molecule has 1 aromatic carbocycles. The highest BCUT2D eigenvalue weighted by Gasteiger charge is 2.40. The summed E-state index contributed by atoms with van der Waals surface area (Å²) in [5.74, 6) is -0.100. The van der Waals surface area contributed by atoms with Gasteiger partial charge in [0.1, 0.15) is 0 Å². The second-order valence-corrected chi connectivity index (χ2v) is 5.58. The number of carbonyl (C=O) groups excluding carboxylic acids is 1. The summed E-state index contributed by atoms with van der Waals surface area (Å²) in [6.07, 6.45) is -3.89. The first kappa shape index (κ1) is 15.5. The van der Waals surface area contributed by atoms with Crippen LogP contribution in [0.2, 0.25) is 0 Å². The summed E-state index contributed by atoms with van der Waals surface area (Å²) >= 11 is 0. The van der Waals surface area contributed by atoms with Gasteiger partial charge in [-0.05, 0) is 31.5 Å². The molecule has 116 valence electrons. The average molecular weight is 301 g/mol. The van der Waals surface area contributed by atoms with E-state index >= 15 is 0 Å². The van der Waals surface area contributed by atoms with Crippen LogP contribution in [0.5, 0.6) is 0 Å². The van der Waals surface area contributed by atoms with Crippen molar-refractivity contribution in [3.05, 3.63) is 23.8 Å². The van der Waals surface area contributed by atoms with Crippen molar-refractivity contribution < 1.29 is 18.0 Å². The molecule has 0 spiro atoms. The Morgan fingerprint density at radius 3 is 2.67 bits per heavy atom. The molecule has 1 amide bonds. The van der Waals surface area contributed by atoms with E-state index in [4.69, 9.17) is 5.73 Å². The minimum absolute atomic E-state index is 0.100. The van der Waals surface area contributed by atoms with Crippen molar-refractivity contribution >= 4 is 17.3 Å². The second-order valence-electron chi connectivity index (χ2n) is 5.58. The van der Waals surface area contributed by atoms with E-state index in [1.165, 1.54) is 6.07 Å². The van der Waals surface area contributed by atoms with Gasteiger partial charge < -0.3 is 16.0 Å². The maximum absolute atomic E-state index is 12.9. The van der Waals surface area contributed by atoms with Crippen LogP contribution in [-0.2, 0) is 11.0 Å². The summed E-state index contributed by atoms with van der Waals surface area (Å²) in [5.41, 5.74) is 4.11. The number of rotatable bonds is 2. The topological polar surface area (TPSA) is 58.4 Å². The first-order valence-electron chi connectivity index (χ1n) is 6.61. The molecule has 2 rings (SSSR count). The molecule has 0 aromatic heterocycles. The Kier molecular flexibility index (Phi) is 3.78. The van der Waals surface area contributed by atoms with Gasteiger partial charge in [-0.3, -0.25) is 4.79 Å². The summed E-state index contributed by atoms with van der Waals surface area (Å²) in [6.45, 7) is 2.73. The average Bonchev–Trinajstić information content (AvgIpc) is 2.81. The summed E-state index contributed by atoms with van der Waals surface area (Å²) in [4.78, 5) is 13.6. The van der Waals surface area contributed by atoms with Gasteiger partial charge in [-0.15, -0.1) is 0 Å². The van der Waals surface area contributed by atoms with E-state index in [2.05, 4.69) is 5.32 Å². The van der Waals surface area contributed by atoms with E-state index in [1.807, 2.05) is 6.92 Å². The standard InChI is InChI=1S/C14H18F3N3O/c1-13(12(21)19-2)5-6-20(8-13)9-3-4-11(18)10(7-9)14(15,16)17/h3-4,7H,5-6,8,18H2,1-2H3,(H,19,21). The molecule has 7 heteroatoms. The molecule has 1 fully saturated rings. The zero-order valence-electron chi connectivity index (χ0n) is 11.9. The lowest BCUT2D eigenvalue weighted by atomic mass is 9.89. The molecule has 4 nitrogen and oxygen atoms in total. The fourth-order valence-electron chi connectivity index (χ4n) is 2.66. The number of hydrogen-bond acceptors (Lipinski definition) is 3. The van der Waals surface area contributed by atoms with Crippen molar-refractivity contribution in [2.24, 2.45) is 5.41 Å². The highest BCUT2D eigenvalue weighted by molar-refractivity contribution is 5.83. The van der Waals surface area contributed by atoms with E-state index in [0.717, 1.165) is 6.07 Å². The van der Waals surface area contributed by atoms with Crippen molar-refractivity contribution in [3.8, 4) is 0 Å². The predicted molar refractivity (Wildman–Crippen MR) is 74.9 cm³/mol. The zero-order chi connectivity index (χ0) is 15.8. The number of amides is 1. The molecule has 1 saturated heterocycles. The number of anilines is 2. The molecule has 21 heavy (non-hydrogen) atoms. The third-order valence-electron chi connectivity index (χ3n) is 3.96. The van der Waals surface area contributed by atoms with Gasteiger partial charge in [-0.2, -0.15) is 13.2 Å². The van der Waals surface area contributed by atoms with Crippen molar-refractivity contribution in [1.82, 2.24) is 5.32 Å². The normalized spacial score (nSPS) is 22.4. The number of benzene rings is 1. The van der Waals surface area contributed by atoms with Gasteiger partial charge in [-0.25, -0.2) is 0 Å². The number of hydrogen-bond donors (Lipinski definition) is 2. The highest BCUT2D eigenvalue weighted by atomic mass is 19.4. The zero-order valence-corrected chi connectivity index (χ0v) is 11.9. The van der Waals surface area contributed by atoms with Gasteiger partial charge in [0.25, 0.3) is 0 Å². The number of alkyl halides is 3. The molecule has 0 radical (unpaired) electrons. The van der Waals surface area contributed by atoms with Crippen LogP contribution in [0.3, 0.4) is 0 Å². The van der Waals surface area contributed by atoms with E-state index in [1.54, 1.807) is 18.0 Å². The molecule has 1 atom stereocenters. The largest absolute Gasteiger partial charge is 0.418 e. The Bertz CT molecular complexity index is 559. The first-order valence-corrected chi connectivity index (χ1v) is 6.61. The molecule has 1 heterocycles. The SMILES string of the molecule is CNC(=O)C1(C)CCN(c2ccc(N)c(C(F)(F)F)c2)C1. The van der Waals surface area contributed by atoms with Crippen LogP contribution in [0, 0.1) is 5.41 Å². The molecule has 1 aromatic rings. The number of nitrogens with zero attached hydrogens (tertiary/aromatic N) is 1. The summed E-state index contributed by atoms with van der Waals surface area (Å²) in [5, 5.41) is 2.60. The van der Waals surface area contributed by atoms with Crippen LogP contribution in [0.1, 0.15) is 18.9 Å². The summed E-state index contributed by atoms with van der Waals surface area (Å²) < 4.78 is 38.7. The first-order chi connectivity index (χ1) is 9.67. The van der Waals surface area contributed by atoms with E-state index in [-0.39, 0.29) is 11.6 Å². The Labute approximate surface area is 121 Å². The minimum atomic E-state index is -4.48. The third kappa shape index (κ3) is 2.91. The van der Waals surface area contributed by atoms with Gasteiger partial charge in [0.05, 0.1) is 11.0 Å². The van der Waals surface area contributed by atoms with Crippen LogP contribution in [-0.4, -0.2) is 26.0 Å². The fourth-order valence-corrected chi connectivity index (χ4v) is 2.66. The number of nitrogens with two attached hydrogens (primary N) is 1. The lowest BCUT2D eigenvalue weighted by Gasteiger charge is -2.24. The van der Waals surface area contributed by atoms with Gasteiger partial charge in [0, 0.05) is 31.5 Å². The molecule has 0 bridgehead atoms. The van der Waals surface area contributed by atoms with Gasteiger partial charge >= 0.3 is 6.18 Å². The van der Waals surface area contributed by atoms with Gasteiger partial charge in [0.2, 0.25) is 5.91 Å². The molecular weight excluding hydrogens is 283 g/mol. The minimum Gasteiger partial charge on any atom is -0.398 e.